The fourth-order valence-electron chi connectivity index (χ4n) is 2.06. The fraction of sp³-hybridized carbons (Fsp3) is 0.105. The molecule has 0 aliphatic heterocycles. The molecule has 132 valence electrons. The van der Waals surface area contributed by atoms with Gasteiger partial charge in [-0.05, 0) is 42.8 Å². The number of nitrogens with zero attached hydrogens (tertiary/aromatic N) is 1. The van der Waals surface area contributed by atoms with Crippen molar-refractivity contribution in [2.45, 2.75) is 13.8 Å². The molecule has 2 aromatic rings. The molecule has 0 bridgehead atoms. The molecule has 26 heavy (non-hydrogen) atoms. The van der Waals surface area contributed by atoms with Gasteiger partial charge in [-0.1, -0.05) is 23.7 Å². The number of nitrogens with one attached hydrogen (secondary N) is 3. The average molecular weight is 369 g/mol. The molecule has 0 unspecified atom stereocenters. The molecule has 0 heterocycles. The van der Waals surface area contributed by atoms with Crippen LogP contribution < -0.4 is 16.0 Å². The fourth-order valence-corrected chi connectivity index (χ4v) is 2.24. The number of hydrogen-bond donors (Lipinski definition) is 3. The van der Waals surface area contributed by atoms with Gasteiger partial charge in [-0.15, -0.1) is 0 Å². The number of rotatable bonds is 5. The van der Waals surface area contributed by atoms with Crippen LogP contribution in [0.3, 0.4) is 0 Å². The Balaban J connectivity index is 2.09. The molecule has 6 nitrogen and oxygen atoms in total. The molecular weight excluding hydrogens is 352 g/mol. The molecule has 0 fully saturated rings. The van der Waals surface area contributed by atoms with Crippen LogP contribution in [0.4, 0.5) is 17.1 Å². The summed E-state index contributed by atoms with van der Waals surface area (Å²) in [5.74, 6) is -0.746. The summed E-state index contributed by atoms with van der Waals surface area (Å²) in [6.07, 6.45) is 1.30. The van der Waals surface area contributed by atoms with Crippen LogP contribution in [0, 0.1) is 18.3 Å². The highest BCUT2D eigenvalue weighted by molar-refractivity contribution is 6.31. The summed E-state index contributed by atoms with van der Waals surface area (Å²) in [7, 11) is 0. The van der Waals surface area contributed by atoms with E-state index in [9.17, 15) is 14.9 Å². The van der Waals surface area contributed by atoms with Crippen molar-refractivity contribution >= 4 is 40.5 Å². The molecule has 0 spiro atoms. The zero-order valence-electron chi connectivity index (χ0n) is 14.3. The van der Waals surface area contributed by atoms with Gasteiger partial charge in [-0.2, -0.15) is 5.26 Å². The first-order chi connectivity index (χ1) is 12.4. The third kappa shape index (κ3) is 5.36. The Morgan fingerprint density at radius 2 is 1.77 bits per heavy atom. The molecule has 0 saturated carbocycles. The van der Waals surface area contributed by atoms with E-state index in [4.69, 9.17) is 11.6 Å². The van der Waals surface area contributed by atoms with Gasteiger partial charge in [-0.25, -0.2) is 0 Å². The summed E-state index contributed by atoms with van der Waals surface area (Å²) in [5.41, 5.74) is 2.51. The normalized spacial score (nSPS) is 10.6. The predicted molar refractivity (Wildman–Crippen MR) is 103 cm³/mol. The Morgan fingerprint density at radius 3 is 2.42 bits per heavy atom. The number of aryl methyl sites for hydroxylation is 1. The zero-order valence-corrected chi connectivity index (χ0v) is 15.0. The second-order valence-corrected chi connectivity index (χ2v) is 5.90. The first kappa shape index (κ1) is 19.0. The lowest BCUT2D eigenvalue weighted by Crippen LogP contribution is -2.14. The van der Waals surface area contributed by atoms with Crippen molar-refractivity contribution in [3.63, 3.8) is 0 Å². The summed E-state index contributed by atoms with van der Waals surface area (Å²) in [4.78, 5) is 23.3. The minimum Gasteiger partial charge on any atom is -0.360 e. The number of halogens is 1. The number of benzene rings is 2. The van der Waals surface area contributed by atoms with E-state index in [-0.39, 0.29) is 11.5 Å². The van der Waals surface area contributed by atoms with Crippen LogP contribution in [-0.2, 0) is 9.59 Å². The summed E-state index contributed by atoms with van der Waals surface area (Å²) in [6, 6.07) is 13.9. The van der Waals surface area contributed by atoms with Crippen LogP contribution in [0.1, 0.15) is 12.5 Å². The van der Waals surface area contributed by atoms with Crippen molar-refractivity contribution < 1.29 is 9.59 Å². The maximum Gasteiger partial charge on any atom is 0.267 e. The van der Waals surface area contributed by atoms with Crippen molar-refractivity contribution in [3.05, 3.63) is 64.8 Å². The van der Waals surface area contributed by atoms with Gasteiger partial charge in [0.15, 0.2) is 0 Å². The van der Waals surface area contributed by atoms with Crippen molar-refractivity contribution in [1.82, 2.24) is 0 Å². The molecule has 0 aromatic heterocycles. The van der Waals surface area contributed by atoms with E-state index in [0.29, 0.717) is 22.1 Å². The Labute approximate surface area is 156 Å². The number of amides is 2. The van der Waals surface area contributed by atoms with E-state index < -0.39 is 5.91 Å². The molecule has 2 aromatic carbocycles. The minimum absolute atomic E-state index is 0.105. The number of carbonyl (C=O) groups excluding carboxylic acids is 2. The number of carbonyl (C=O) groups is 2. The van der Waals surface area contributed by atoms with Gasteiger partial charge in [0.1, 0.15) is 11.6 Å². The summed E-state index contributed by atoms with van der Waals surface area (Å²) < 4.78 is 0. The average Bonchev–Trinajstić information content (AvgIpc) is 2.58. The predicted octanol–water partition coefficient (Wildman–Crippen LogP) is 4.06. The molecule has 0 aliphatic carbocycles. The number of hydrogen-bond acceptors (Lipinski definition) is 4. The maximum atomic E-state index is 12.2. The molecule has 0 radical (unpaired) electrons. The molecular formula is C19H17ClN4O2. The van der Waals surface area contributed by atoms with E-state index in [1.165, 1.54) is 13.1 Å². The first-order valence-electron chi connectivity index (χ1n) is 7.71. The van der Waals surface area contributed by atoms with E-state index in [2.05, 4.69) is 16.0 Å². The lowest BCUT2D eigenvalue weighted by atomic mass is 10.2. The van der Waals surface area contributed by atoms with Crippen molar-refractivity contribution in [2.24, 2.45) is 0 Å². The highest BCUT2D eigenvalue weighted by Gasteiger charge is 2.10. The third-order valence-corrected chi connectivity index (χ3v) is 3.77. The Morgan fingerprint density at radius 1 is 1.08 bits per heavy atom. The molecule has 0 saturated heterocycles. The highest BCUT2D eigenvalue weighted by atomic mass is 35.5. The minimum atomic E-state index is -0.557. The summed E-state index contributed by atoms with van der Waals surface area (Å²) >= 11 is 6.03. The van der Waals surface area contributed by atoms with Crippen molar-refractivity contribution in [3.8, 4) is 6.07 Å². The summed E-state index contributed by atoms with van der Waals surface area (Å²) in [5, 5.41) is 17.9. The van der Waals surface area contributed by atoms with Crippen molar-refractivity contribution in [1.29, 1.82) is 5.26 Å². The maximum absolute atomic E-state index is 12.2. The second kappa shape index (κ2) is 8.70. The molecule has 2 rings (SSSR count). The monoisotopic (exact) mass is 368 g/mol. The third-order valence-electron chi connectivity index (χ3n) is 3.36. The molecule has 3 N–H and O–H groups in total. The van der Waals surface area contributed by atoms with Crippen molar-refractivity contribution in [2.75, 3.05) is 16.0 Å². The first-order valence-corrected chi connectivity index (χ1v) is 8.09. The van der Waals surface area contributed by atoms with E-state index in [1.807, 2.05) is 13.0 Å². The van der Waals surface area contributed by atoms with Gasteiger partial charge in [0, 0.05) is 35.2 Å². The van der Waals surface area contributed by atoms with Crippen LogP contribution in [-0.4, -0.2) is 11.8 Å². The SMILES string of the molecule is CC(=O)Nc1cccc(N/C=C(/C#N)C(=O)Nc2ccc(C)c(Cl)c2)c1. The van der Waals surface area contributed by atoms with Gasteiger partial charge in [0.25, 0.3) is 5.91 Å². The molecule has 2 amide bonds. The van der Waals surface area contributed by atoms with Gasteiger partial charge < -0.3 is 16.0 Å². The van der Waals surface area contributed by atoms with Crippen LogP contribution in [0.2, 0.25) is 5.02 Å². The van der Waals surface area contributed by atoms with Gasteiger partial charge in [-0.3, -0.25) is 9.59 Å². The van der Waals surface area contributed by atoms with Crippen LogP contribution in [0.5, 0.6) is 0 Å². The molecule has 7 heteroatoms. The highest BCUT2D eigenvalue weighted by Crippen LogP contribution is 2.20. The van der Waals surface area contributed by atoms with Gasteiger partial charge in [0.2, 0.25) is 5.91 Å². The van der Waals surface area contributed by atoms with Gasteiger partial charge >= 0.3 is 0 Å². The van der Waals surface area contributed by atoms with Crippen LogP contribution >= 0.6 is 11.6 Å². The molecule has 0 aliphatic rings. The summed E-state index contributed by atoms with van der Waals surface area (Å²) in [6.45, 7) is 3.27. The van der Waals surface area contributed by atoms with E-state index in [0.717, 1.165) is 5.56 Å². The lowest BCUT2D eigenvalue weighted by Gasteiger charge is -2.08. The van der Waals surface area contributed by atoms with Gasteiger partial charge in [0.05, 0.1) is 0 Å². The van der Waals surface area contributed by atoms with E-state index >= 15 is 0 Å². The number of anilines is 3. The van der Waals surface area contributed by atoms with E-state index in [1.54, 1.807) is 42.5 Å². The van der Waals surface area contributed by atoms with Crippen LogP contribution in [0.25, 0.3) is 0 Å². The Hall–Kier alpha value is -3.30. The lowest BCUT2D eigenvalue weighted by molar-refractivity contribution is -0.114. The smallest absolute Gasteiger partial charge is 0.267 e. The van der Waals surface area contributed by atoms with Crippen LogP contribution in [0.15, 0.2) is 54.2 Å². The largest absolute Gasteiger partial charge is 0.360 e. The second-order valence-electron chi connectivity index (χ2n) is 5.49. The topological polar surface area (TPSA) is 94.0 Å². The number of nitriles is 1. The Kier molecular flexibility index (Phi) is 6.36. The standard InChI is InChI=1S/C19H17ClN4O2/c1-12-6-7-17(9-18(12)20)24-19(26)14(10-21)11-22-15-4-3-5-16(8-15)23-13(2)25/h3-9,11,22H,1-2H3,(H,23,25)(H,24,26)/b14-11-. The Bertz CT molecular complexity index is 916. The zero-order chi connectivity index (χ0) is 19.1. The quantitative estimate of drug-likeness (QED) is 0.547. The molecule has 0 atom stereocenters.